The molecule has 260 valence electrons. The maximum Gasteiger partial charge on any atom is 0.274 e. The summed E-state index contributed by atoms with van der Waals surface area (Å²) in [5, 5.41) is 14.9. The molecule has 3 aliphatic rings. The van der Waals surface area contributed by atoms with Gasteiger partial charge in [0, 0.05) is 57.4 Å². The number of anilines is 3. The predicted molar refractivity (Wildman–Crippen MR) is 186 cm³/mol. The summed E-state index contributed by atoms with van der Waals surface area (Å²) < 4.78 is 0. The van der Waals surface area contributed by atoms with Crippen molar-refractivity contribution < 1.29 is 28.8 Å². The van der Waals surface area contributed by atoms with E-state index in [4.69, 9.17) is 11.6 Å². The van der Waals surface area contributed by atoms with Gasteiger partial charge in [-0.15, -0.1) is 0 Å². The van der Waals surface area contributed by atoms with Gasteiger partial charge >= 0.3 is 0 Å². The Kier molecular flexibility index (Phi) is 9.30. The van der Waals surface area contributed by atoms with Crippen LogP contribution in [0.5, 0.6) is 0 Å². The van der Waals surface area contributed by atoms with Crippen LogP contribution in [0.2, 0.25) is 5.02 Å². The molecule has 2 aromatic carbocycles. The Morgan fingerprint density at radius 1 is 0.902 bits per heavy atom. The van der Waals surface area contributed by atoms with Crippen molar-refractivity contribution >= 4 is 64.1 Å². The highest BCUT2D eigenvalue weighted by Crippen LogP contribution is 2.33. The van der Waals surface area contributed by atoms with Crippen molar-refractivity contribution in [3.05, 3.63) is 88.7 Å². The second kappa shape index (κ2) is 14.1. The van der Waals surface area contributed by atoms with E-state index in [1.165, 1.54) is 6.07 Å². The molecule has 0 radical (unpaired) electrons. The van der Waals surface area contributed by atoms with Crippen LogP contribution in [-0.2, 0) is 14.4 Å². The summed E-state index contributed by atoms with van der Waals surface area (Å²) in [6.45, 7) is 3.23. The number of halogens is 1. The highest BCUT2D eigenvalue weighted by molar-refractivity contribution is 6.34. The van der Waals surface area contributed by atoms with Crippen LogP contribution in [0.15, 0.2) is 66.9 Å². The number of nitrogens with zero attached hydrogens (tertiary/aromatic N) is 5. The number of H-pyrrole nitrogens is 1. The highest BCUT2D eigenvalue weighted by Gasteiger charge is 2.45. The molecule has 1 unspecified atom stereocenters. The van der Waals surface area contributed by atoms with Crippen LogP contribution in [0.1, 0.15) is 50.5 Å². The van der Waals surface area contributed by atoms with Crippen molar-refractivity contribution in [2.24, 2.45) is 0 Å². The van der Waals surface area contributed by atoms with Crippen LogP contribution in [0.25, 0.3) is 11.4 Å². The molecule has 0 saturated carbocycles. The van der Waals surface area contributed by atoms with Crippen molar-refractivity contribution in [3.63, 3.8) is 0 Å². The molecule has 51 heavy (non-hydrogen) atoms. The standard InChI is InChI=1S/C35H32ClN9O6/c36-22-19-20(7-8-23(22)40-32(48)27-6-2-4-24(38-27)25-11-13-37-42-25)44-17-15-43(16-18-44)14-12-30(47)39-26-5-1-3-21-31(26)35(51)45(34(21)50)28-9-10-29(46)41-33(28)49/h1-8,11,13,19,28H,9-10,12,14-18H2,(H,37,42)(H,39,47)(H,40,48)(H,41,46,49). The van der Waals surface area contributed by atoms with Gasteiger partial charge in [0.1, 0.15) is 11.7 Å². The zero-order chi connectivity index (χ0) is 35.6. The van der Waals surface area contributed by atoms with Crippen molar-refractivity contribution in [2.75, 3.05) is 48.3 Å². The minimum Gasteiger partial charge on any atom is -0.369 e. The Morgan fingerprint density at radius 3 is 2.45 bits per heavy atom. The number of aromatic amines is 1. The summed E-state index contributed by atoms with van der Waals surface area (Å²) in [5.41, 5.74) is 3.22. The molecule has 6 amide bonds. The van der Waals surface area contributed by atoms with E-state index in [-0.39, 0.29) is 47.7 Å². The van der Waals surface area contributed by atoms with Gasteiger partial charge in [-0.1, -0.05) is 23.7 Å². The first-order chi connectivity index (χ1) is 24.7. The molecular weight excluding hydrogens is 678 g/mol. The monoisotopic (exact) mass is 709 g/mol. The van der Waals surface area contributed by atoms with Gasteiger partial charge in [-0.3, -0.25) is 49.0 Å². The molecule has 0 aliphatic carbocycles. The number of hydrogen-bond acceptors (Lipinski definition) is 10. The van der Waals surface area contributed by atoms with Crippen LogP contribution >= 0.6 is 11.6 Å². The number of fused-ring (bicyclic) bond motifs is 1. The SMILES string of the molecule is O=C1CCC(N2C(=O)c3cccc(NC(=O)CCN4CCN(c5ccc(NC(=O)c6cccc(-c7ccn[nH]7)n6)c(Cl)c5)CC4)c3C2=O)C(=O)N1. The second-order valence-electron chi connectivity index (χ2n) is 12.3. The van der Waals surface area contributed by atoms with E-state index in [0.29, 0.717) is 54.8 Å². The van der Waals surface area contributed by atoms with Crippen molar-refractivity contribution in [1.29, 1.82) is 0 Å². The lowest BCUT2D eigenvalue weighted by molar-refractivity contribution is -0.136. The van der Waals surface area contributed by atoms with Crippen LogP contribution in [0.4, 0.5) is 17.1 Å². The molecule has 2 aromatic heterocycles. The average molecular weight is 710 g/mol. The number of imide groups is 2. The van der Waals surface area contributed by atoms with Gasteiger partial charge in [0.2, 0.25) is 17.7 Å². The number of benzene rings is 2. The summed E-state index contributed by atoms with van der Waals surface area (Å²) in [5.74, 6) is -3.18. The van der Waals surface area contributed by atoms with E-state index in [1.54, 1.807) is 54.7 Å². The third kappa shape index (κ3) is 6.93. The summed E-state index contributed by atoms with van der Waals surface area (Å²) in [4.78, 5) is 86.0. The minimum atomic E-state index is -1.09. The third-order valence-corrected chi connectivity index (χ3v) is 9.41. The summed E-state index contributed by atoms with van der Waals surface area (Å²) >= 11 is 6.58. The molecule has 16 heteroatoms. The summed E-state index contributed by atoms with van der Waals surface area (Å²) in [6, 6.07) is 15.9. The van der Waals surface area contributed by atoms with E-state index in [1.807, 2.05) is 6.07 Å². The molecule has 4 N–H and O–H groups in total. The number of carbonyl (C=O) groups excluding carboxylic acids is 6. The Bertz CT molecular complexity index is 2060. The first-order valence-electron chi connectivity index (χ1n) is 16.4. The summed E-state index contributed by atoms with van der Waals surface area (Å²) in [7, 11) is 0. The zero-order valence-electron chi connectivity index (χ0n) is 27.1. The number of amides is 6. The molecule has 5 heterocycles. The van der Waals surface area contributed by atoms with Gasteiger partial charge in [-0.2, -0.15) is 5.10 Å². The van der Waals surface area contributed by atoms with Crippen molar-refractivity contribution in [1.82, 2.24) is 30.3 Å². The minimum absolute atomic E-state index is 0.0178. The van der Waals surface area contributed by atoms with E-state index in [0.717, 1.165) is 10.6 Å². The lowest BCUT2D eigenvalue weighted by Crippen LogP contribution is -2.54. The smallest absolute Gasteiger partial charge is 0.274 e. The first-order valence-corrected chi connectivity index (χ1v) is 16.7. The number of rotatable bonds is 9. The Balaban J connectivity index is 0.903. The molecule has 2 fully saturated rings. The van der Waals surface area contributed by atoms with Crippen molar-refractivity contribution in [2.45, 2.75) is 25.3 Å². The van der Waals surface area contributed by atoms with Crippen molar-refractivity contribution in [3.8, 4) is 11.4 Å². The van der Waals surface area contributed by atoms with Crippen LogP contribution < -0.4 is 20.9 Å². The van der Waals surface area contributed by atoms with E-state index < -0.39 is 35.6 Å². The molecule has 2 saturated heterocycles. The number of piperidine rings is 1. The number of piperazine rings is 1. The zero-order valence-corrected chi connectivity index (χ0v) is 27.9. The topological polar surface area (TPSA) is 190 Å². The van der Waals surface area contributed by atoms with Crippen LogP contribution in [-0.4, -0.2) is 99.2 Å². The average Bonchev–Trinajstić information content (AvgIpc) is 3.76. The van der Waals surface area contributed by atoms with E-state index >= 15 is 0 Å². The molecule has 0 spiro atoms. The fourth-order valence-corrected chi connectivity index (χ4v) is 6.64. The lowest BCUT2D eigenvalue weighted by Gasteiger charge is -2.36. The molecule has 7 rings (SSSR count). The lowest BCUT2D eigenvalue weighted by atomic mass is 10.0. The van der Waals surface area contributed by atoms with Gasteiger partial charge < -0.3 is 15.5 Å². The molecule has 3 aliphatic heterocycles. The quantitative estimate of drug-likeness (QED) is 0.188. The largest absolute Gasteiger partial charge is 0.369 e. The highest BCUT2D eigenvalue weighted by atomic mass is 35.5. The van der Waals surface area contributed by atoms with Gasteiger partial charge in [0.05, 0.1) is 38.9 Å². The third-order valence-electron chi connectivity index (χ3n) is 9.09. The molecule has 1 atom stereocenters. The molecule has 4 aromatic rings. The Morgan fingerprint density at radius 2 is 1.71 bits per heavy atom. The van der Waals surface area contributed by atoms with Crippen LogP contribution in [0.3, 0.4) is 0 Å². The molecule has 15 nitrogen and oxygen atoms in total. The number of carbonyl (C=O) groups is 6. The number of nitrogens with one attached hydrogen (secondary N) is 4. The maximum atomic E-state index is 13.3. The fraction of sp³-hybridized carbons (Fsp3) is 0.257. The maximum absolute atomic E-state index is 13.3. The molecular formula is C35H32ClN9O6. The fourth-order valence-electron chi connectivity index (χ4n) is 6.42. The Hall–Kier alpha value is -5.93. The van der Waals surface area contributed by atoms with E-state index in [2.05, 4.69) is 40.9 Å². The number of aromatic nitrogens is 3. The predicted octanol–water partition coefficient (Wildman–Crippen LogP) is 2.93. The normalized spacial score (nSPS) is 17.7. The number of hydrogen-bond donors (Lipinski definition) is 4. The van der Waals surface area contributed by atoms with Gasteiger partial charge in [-0.25, -0.2) is 4.98 Å². The van der Waals surface area contributed by atoms with Gasteiger partial charge in [0.25, 0.3) is 17.7 Å². The Labute approximate surface area is 296 Å². The van der Waals surface area contributed by atoms with Gasteiger partial charge in [-0.05, 0) is 55.0 Å². The summed E-state index contributed by atoms with van der Waals surface area (Å²) in [6.07, 6.45) is 1.83. The first kappa shape index (κ1) is 33.6. The van der Waals surface area contributed by atoms with Crippen LogP contribution in [0, 0.1) is 0 Å². The molecule has 0 bridgehead atoms. The van der Waals surface area contributed by atoms with E-state index in [9.17, 15) is 28.8 Å². The number of pyridine rings is 1. The second-order valence-corrected chi connectivity index (χ2v) is 12.7. The van der Waals surface area contributed by atoms with Gasteiger partial charge in [0.15, 0.2) is 0 Å².